The van der Waals surface area contributed by atoms with Gasteiger partial charge in [-0.2, -0.15) is 0 Å². The first-order valence-corrected chi connectivity index (χ1v) is 8.73. The molecular formula is C19H19Cl2NO3. The van der Waals surface area contributed by atoms with Gasteiger partial charge in [0.1, 0.15) is 0 Å². The van der Waals surface area contributed by atoms with Crippen LogP contribution in [0.1, 0.15) is 16.7 Å². The first kappa shape index (κ1) is 17.9. The van der Waals surface area contributed by atoms with Crippen molar-refractivity contribution in [1.82, 2.24) is 4.90 Å². The Kier molecular flexibility index (Phi) is 5.40. The quantitative estimate of drug-likeness (QED) is 0.801. The van der Waals surface area contributed by atoms with Gasteiger partial charge in [0.05, 0.1) is 30.7 Å². The molecule has 1 amide bonds. The Morgan fingerprint density at radius 2 is 1.72 bits per heavy atom. The van der Waals surface area contributed by atoms with Crippen LogP contribution in [0.15, 0.2) is 30.3 Å². The zero-order chi connectivity index (χ0) is 18.0. The van der Waals surface area contributed by atoms with E-state index in [1.54, 1.807) is 26.4 Å². The van der Waals surface area contributed by atoms with Gasteiger partial charge in [0.25, 0.3) is 0 Å². The summed E-state index contributed by atoms with van der Waals surface area (Å²) in [5.41, 5.74) is 3.14. The van der Waals surface area contributed by atoms with E-state index >= 15 is 0 Å². The molecule has 1 aliphatic rings. The van der Waals surface area contributed by atoms with Gasteiger partial charge < -0.3 is 14.4 Å². The van der Waals surface area contributed by atoms with Crippen LogP contribution >= 0.6 is 23.2 Å². The molecule has 2 aromatic rings. The average Bonchev–Trinajstić information content (AvgIpc) is 2.63. The maximum absolute atomic E-state index is 12.6. The number of hydrogen-bond acceptors (Lipinski definition) is 3. The number of benzene rings is 2. The second-order valence-electron chi connectivity index (χ2n) is 5.97. The number of amides is 1. The summed E-state index contributed by atoms with van der Waals surface area (Å²) in [6.07, 6.45) is 1.10. The van der Waals surface area contributed by atoms with Gasteiger partial charge in [0.2, 0.25) is 5.91 Å². The van der Waals surface area contributed by atoms with Crippen molar-refractivity contribution >= 4 is 29.1 Å². The monoisotopic (exact) mass is 379 g/mol. The molecule has 0 N–H and O–H groups in total. The Bertz CT molecular complexity index is 807. The third kappa shape index (κ3) is 3.86. The van der Waals surface area contributed by atoms with Crippen molar-refractivity contribution in [2.24, 2.45) is 0 Å². The maximum Gasteiger partial charge on any atom is 0.227 e. The molecule has 0 spiro atoms. The third-order valence-corrected chi connectivity index (χ3v) is 5.15. The van der Waals surface area contributed by atoms with Crippen molar-refractivity contribution in [2.45, 2.75) is 19.4 Å². The lowest BCUT2D eigenvalue weighted by Gasteiger charge is -2.29. The average molecular weight is 380 g/mol. The van der Waals surface area contributed by atoms with Gasteiger partial charge >= 0.3 is 0 Å². The van der Waals surface area contributed by atoms with Gasteiger partial charge in [-0.25, -0.2) is 0 Å². The minimum absolute atomic E-state index is 0.0684. The SMILES string of the molecule is COc1cc2c(cc1OC)CN(C(=O)Cc1ccc(Cl)c(Cl)c1)CC2. The maximum atomic E-state index is 12.6. The summed E-state index contributed by atoms with van der Waals surface area (Å²) in [6.45, 7) is 1.25. The number of rotatable bonds is 4. The van der Waals surface area contributed by atoms with Crippen LogP contribution in [0.2, 0.25) is 10.0 Å². The summed E-state index contributed by atoms with van der Waals surface area (Å²) in [5, 5.41) is 0.957. The minimum atomic E-state index is 0.0684. The van der Waals surface area contributed by atoms with Gasteiger partial charge in [0.15, 0.2) is 11.5 Å². The van der Waals surface area contributed by atoms with E-state index in [9.17, 15) is 4.79 Å². The summed E-state index contributed by atoms with van der Waals surface area (Å²) < 4.78 is 10.7. The minimum Gasteiger partial charge on any atom is -0.493 e. The number of halogens is 2. The van der Waals surface area contributed by atoms with Gasteiger partial charge in [-0.15, -0.1) is 0 Å². The summed E-state index contributed by atoms with van der Waals surface area (Å²) >= 11 is 12.0. The summed E-state index contributed by atoms with van der Waals surface area (Å²) in [6, 6.07) is 9.24. The molecule has 4 nitrogen and oxygen atoms in total. The molecule has 0 atom stereocenters. The fourth-order valence-corrected chi connectivity index (χ4v) is 3.35. The lowest BCUT2D eigenvalue weighted by atomic mass is 9.98. The van der Waals surface area contributed by atoms with E-state index in [0.717, 1.165) is 23.3 Å². The van der Waals surface area contributed by atoms with Crippen molar-refractivity contribution in [1.29, 1.82) is 0 Å². The van der Waals surface area contributed by atoms with Gasteiger partial charge in [-0.3, -0.25) is 4.79 Å². The molecule has 0 saturated carbocycles. The van der Waals surface area contributed by atoms with E-state index < -0.39 is 0 Å². The molecule has 0 radical (unpaired) electrons. The molecular weight excluding hydrogens is 361 g/mol. The first-order chi connectivity index (χ1) is 12.0. The molecule has 0 aliphatic carbocycles. The van der Waals surface area contributed by atoms with Crippen molar-refractivity contribution in [2.75, 3.05) is 20.8 Å². The number of carbonyl (C=O) groups excluding carboxylic acids is 1. The van der Waals surface area contributed by atoms with Crippen LogP contribution in [-0.4, -0.2) is 31.6 Å². The number of carbonyl (C=O) groups is 1. The van der Waals surface area contributed by atoms with Gasteiger partial charge in [-0.05, 0) is 47.4 Å². The van der Waals surface area contributed by atoms with E-state index in [2.05, 4.69) is 0 Å². The van der Waals surface area contributed by atoms with E-state index in [0.29, 0.717) is 35.3 Å². The lowest BCUT2D eigenvalue weighted by molar-refractivity contribution is -0.131. The van der Waals surface area contributed by atoms with Crippen LogP contribution in [0.5, 0.6) is 11.5 Å². The highest BCUT2D eigenvalue weighted by Gasteiger charge is 2.23. The van der Waals surface area contributed by atoms with Crippen molar-refractivity contribution in [3.63, 3.8) is 0 Å². The van der Waals surface area contributed by atoms with E-state index in [4.69, 9.17) is 32.7 Å². The second-order valence-corrected chi connectivity index (χ2v) is 6.78. The topological polar surface area (TPSA) is 38.8 Å². The van der Waals surface area contributed by atoms with E-state index in [1.807, 2.05) is 23.1 Å². The summed E-state index contributed by atoms with van der Waals surface area (Å²) in [4.78, 5) is 14.5. The Morgan fingerprint density at radius 1 is 1.04 bits per heavy atom. The van der Waals surface area contributed by atoms with Crippen LogP contribution in [0.25, 0.3) is 0 Å². The molecule has 6 heteroatoms. The van der Waals surface area contributed by atoms with Crippen molar-refractivity contribution in [3.05, 3.63) is 57.1 Å². The highest BCUT2D eigenvalue weighted by Crippen LogP contribution is 2.33. The van der Waals surface area contributed by atoms with E-state index in [1.165, 1.54) is 5.56 Å². The summed E-state index contributed by atoms with van der Waals surface area (Å²) in [7, 11) is 3.24. The Morgan fingerprint density at radius 3 is 2.36 bits per heavy atom. The fraction of sp³-hybridized carbons (Fsp3) is 0.316. The van der Waals surface area contributed by atoms with Crippen LogP contribution in [0.3, 0.4) is 0 Å². The molecule has 1 heterocycles. The summed E-state index contributed by atoms with van der Waals surface area (Å²) in [5.74, 6) is 1.47. The zero-order valence-electron chi connectivity index (χ0n) is 14.1. The number of fused-ring (bicyclic) bond motifs is 1. The van der Waals surface area contributed by atoms with Gasteiger partial charge in [-0.1, -0.05) is 29.3 Å². The number of methoxy groups -OCH3 is 2. The number of ether oxygens (including phenoxy) is 2. The van der Waals surface area contributed by atoms with Crippen LogP contribution in [0.4, 0.5) is 0 Å². The predicted molar refractivity (Wildman–Crippen MR) is 98.8 cm³/mol. The Labute approximate surface area is 157 Å². The van der Waals surface area contributed by atoms with Crippen LogP contribution in [-0.2, 0) is 24.2 Å². The Balaban J connectivity index is 1.75. The molecule has 25 heavy (non-hydrogen) atoms. The molecule has 2 aromatic carbocycles. The standard InChI is InChI=1S/C19H19Cl2NO3/c1-24-17-9-13-5-6-22(11-14(13)10-18(17)25-2)19(23)8-12-3-4-15(20)16(21)7-12/h3-4,7,9-10H,5-6,8,11H2,1-2H3. The molecule has 0 saturated heterocycles. The molecule has 0 bridgehead atoms. The lowest BCUT2D eigenvalue weighted by Crippen LogP contribution is -2.36. The van der Waals surface area contributed by atoms with Crippen LogP contribution < -0.4 is 9.47 Å². The molecule has 3 rings (SSSR count). The highest BCUT2D eigenvalue weighted by molar-refractivity contribution is 6.42. The van der Waals surface area contributed by atoms with Gasteiger partial charge in [0, 0.05) is 13.1 Å². The number of nitrogens with zero attached hydrogens (tertiary/aromatic N) is 1. The van der Waals surface area contributed by atoms with Crippen LogP contribution in [0, 0.1) is 0 Å². The third-order valence-electron chi connectivity index (χ3n) is 4.41. The second kappa shape index (κ2) is 7.54. The fourth-order valence-electron chi connectivity index (χ4n) is 3.03. The molecule has 1 aliphatic heterocycles. The van der Waals surface area contributed by atoms with E-state index in [-0.39, 0.29) is 5.91 Å². The largest absolute Gasteiger partial charge is 0.493 e. The highest BCUT2D eigenvalue weighted by atomic mass is 35.5. The molecule has 0 fully saturated rings. The Hall–Kier alpha value is -1.91. The first-order valence-electron chi connectivity index (χ1n) is 7.97. The molecule has 132 valence electrons. The number of hydrogen-bond donors (Lipinski definition) is 0. The normalized spacial score (nSPS) is 13.4. The smallest absolute Gasteiger partial charge is 0.227 e. The zero-order valence-corrected chi connectivity index (χ0v) is 15.7. The van der Waals surface area contributed by atoms with Crippen molar-refractivity contribution < 1.29 is 14.3 Å². The predicted octanol–water partition coefficient (Wildman–Crippen LogP) is 4.14. The molecule has 0 aromatic heterocycles. The molecule has 0 unspecified atom stereocenters. The van der Waals surface area contributed by atoms with Crippen molar-refractivity contribution in [3.8, 4) is 11.5 Å².